The standard InChI is InChI=1S/C16H28N2S/c1-11-6-7-14(15(8-11)17-5)16(3,4)9-13-10-19-12(2)18-13/h10-11,14-15,17H,6-9H2,1-5H3. The summed E-state index contributed by atoms with van der Waals surface area (Å²) in [5.41, 5.74) is 1.61. The van der Waals surface area contributed by atoms with E-state index in [-0.39, 0.29) is 0 Å². The van der Waals surface area contributed by atoms with Crippen LogP contribution in [0.15, 0.2) is 5.38 Å². The molecule has 1 aliphatic rings. The normalized spacial score (nSPS) is 28.6. The van der Waals surface area contributed by atoms with Crippen molar-refractivity contribution >= 4 is 11.3 Å². The molecule has 1 N–H and O–H groups in total. The van der Waals surface area contributed by atoms with Gasteiger partial charge in [-0.15, -0.1) is 11.3 Å². The first-order chi connectivity index (χ1) is 8.92. The van der Waals surface area contributed by atoms with E-state index in [0.29, 0.717) is 11.5 Å². The number of nitrogens with one attached hydrogen (secondary N) is 1. The minimum absolute atomic E-state index is 0.328. The summed E-state index contributed by atoms with van der Waals surface area (Å²) in [6.45, 7) is 9.33. The maximum absolute atomic E-state index is 4.65. The summed E-state index contributed by atoms with van der Waals surface area (Å²) in [6.07, 6.45) is 5.15. The lowest BCUT2D eigenvalue weighted by Crippen LogP contribution is -2.46. The summed E-state index contributed by atoms with van der Waals surface area (Å²) < 4.78 is 0. The molecule has 19 heavy (non-hydrogen) atoms. The van der Waals surface area contributed by atoms with Crippen molar-refractivity contribution in [2.75, 3.05) is 7.05 Å². The predicted molar refractivity (Wildman–Crippen MR) is 83.7 cm³/mol. The Kier molecular flexibility index (Phi) is 4.67. The van der Waals surface area contributed by atoms with Gasteiger partial charge in [0.2, 0.25) is 0 Å². The van der Waals surface area contributed by atoms with Gasteiger partial charge in [0.15, 0.2) is 0 Å². The van der Waals surface area contributed by atoms with Gasteiger partial charge < -0.3 is 5.32 Å². The van der Waals surface area contributed by atoms with Gasteiger partial charge in [-0.05, 0) is 50.5 Å². The molecule has 0 bridgehead atoms. The number of hydrogen-bond donors (Lipinski definition) is 1. The van der Waals surface area contributed by atoms with Crippen molar-refractivity contribution in [3.63, 3.8) is 0 Å². The zero-order valence-corrected chi connectivity index (χ0v) is 13.8. The summed E-state index contributed by atoms with van der Waals surface area (Å²) in [4.78, 5) is 4.65. The van der Waals surface area contributed by atoms with Gasteiger partial charge in [-0.25, -0.2) is 4.98 Å². The fraction of sp³-hybridized carbons (Fsp3) is 0.812. The zero-order chi connectivity index (χ0) is 14.0. The molecule has 1 aromatic heterocycles. The second-order valence-corrected chi connectivity index (χ2v) is 8.01. The quantitative estimate of drug-likeness (QED) is 0.900. The van der Waals surface area contributed by atoms with Crippen molar-refractivity contribution in [3.05, 3.63) is 16.1 Å². The molecule has 108 valence electrons. The van der Waals surface area contributed by atoms with Crippen molar-refractivity contribution in [1.82, 2.24) is 10.3 Å². The molecule has 0 spiro atoms. The third-order valence-electron chi connectivity index (χ3n) is 4.79. The van der Waals surface area contributed by atoms with Crippen LogP contribution in [-0.4, -0.2) is 18.1 Å². The molecule has 0 saturated heterocycles. The molecule has 0 aliphatic heterocycles. The fourth-order valence-electron chi connectivity index (χ4n) is 3.72. The van der Waals surface area contributed by atoms with E-state index in [9.17, 15) is 0 Å². The second kappa shape index (κ2) is 5.92. The van der Waals surface area contributed by atoms with E-state index >= 15 is 0 Å². The van der Waals surface area contributed by atoms with Crippen LogP contribution in [0, 0.1) is 24.2 Å². The zero-order valence-electron chi connectivity index (χ0n) is 13.0. The molecule has 1 heterocycles. The summed E-state index contributed by atoms with van der Waals surface area (Å²) in [6, 6.07) is 0.665. The molecule has 0 aromatic carbocycles. The molecule has 1 saturated carbocycles. The van der Waals surface area contributed by atoms with Crippen LogP contribution < -0.4 is 5.32 Å². The number of hydrogen-bond acceptors (Lipinski definition) is 3. The largest absolute Gasteiger partial charge is 0.317 e. The lowest BCUT2D eigenvalue weighted by molar-refractivity contribution is 0.0973. The minimum Gasteiger partial charge on any atom is -0.317 e. The van der Waals surface area contributed by atoms with Gasteiger partial charge >= 0.3 is 0 Å². The maximum Gasteiger partial charge on any atom is 0.0897 e. The fourth-order valence-corrected chi connectivity index (χ4v) is 4.34. The van der Waals surface area contributed by atoms with Crippen molar-refractivity contribution in [1.29, 1.82) is 0 Å². The molecular formula is C16H28N2S. The lowest BCUT2D eigenvalue weighted by Gasteiger charge is -2.44. The topological polar surface area (TPSA) is 24.9 Å². The Balaban J connectivity index is 2.09. The molecule has 2 nitrogen and oxygen atoms in total. The molecule has 1 fully saturated rings. The summed E-state index contributed by atoms with van der Waals surface area (Å²) in [5.74, 6) is 1.63. The highest BCUT2D eigenvalue weighted by Gasteiger charge is 2.38. The Morgan fingerprint density at radius 3 is 2.74 bits per heavy atom. The average Bonchev–Trinajstić information content (AvgIpc) is 2.73. The smallest absolute Gasteiger partial charge is 0.0897 e. The number of nitrogens with zero attached hydrogens (tertiary/aromatic N) is 1. The minimum atomic E-state index is 0.328. The highest BCUT2D eigenvalue weighted by Crippen LogP contribution is 2.42. The first-order valence-corrected chi connectivity index (χ1v) is 8.38. The Morgan fingerprint density at radius 2 is 2.16 bits per heavy atom. The average molecular weight is 280 g/mol. The molecule has 0 amide bonds. The number of rotatable bonds is 4. The number of aromatic nitrogens is 1. The van der Waals surface area contributed by atoms with Crippen LogP contribution in [-0.2, 0) is 6.42 Å². The molecule has 1 aromatic rings. The number of aryl methyl sites for hydroxylation is 1. The summed E-state index contributed by atoms with van der Waals surface area (Å²) in [5, 5.41) is 6.98. The van der Waals surface area contributed by atoms with Crippen LogP contribution in [0.1, 0.15) is 50.7 Å². The molecule has 0 radical (unpaired) electrons. The van der Waals surface area contributed by atoms with E-state index in [2.05, 4.69) is 50.4 Å². The van der Waals surface area contributed by atoms with Gasteiger partial charge in [-0.3, -0.25) is 0 Å². The van der Waals surface area contributed by atoms with Crippen molar-refractivity contribution < 1.29 is 0 Å². The van der Waals surface area contributed by atoms with E-state index in [4.69, 9.17) is 0 Å². The van der Waals surface area contributed by atoms with Gasteiger partial charge in [0, 0.05) is 11.4 Å². The predicted octanol–water partition coefficient (Wildman–Crippen LogP) is 4.04. The summed E-state index contributed by atoms with van der Waals surface area (Å²) in [7, 11) is 2.12. The lowest BCUT2D eigenvalue weighted by atomic mass is 9.65. The molecule has 3 atom stereocenters. The van der Waals surface area contributed by atoms with Gasteiger partial charge in [-0.1, -0.05) is 27.2 Å². The van der Waals surface area contributed by atoms with Gasteiger partial charge in [0.1, 0.15) is 0 Å². The highest BCUT2D eigenvalue weighted by molar-refractivity contribution is 7.09. The summed E-state index contributed by atoms with van der Waals surface area (Å²) >= 11 is 1.77. The van der Waals surface area contributed by atoms with Crippen LogP contribution in [0.2, 0.25) is 0 Å². The van der Waals surface area contributed by atoms with E-state index < -0.39 is 0 Å². The monoisotopic (exact) mass is 280 g/mol. The van der Waals surface area contributed by atoms with Gasteiger partial charge in [-0.2, -0.15) is 0 Å². The Bertz CT molecular complexity index is 411. The van der Waals surface area contributed by atoms with Crippen LogP contribution in [0.4, 0.5) is 0 Å². The van der Waals surface area contributed by atoms with E-state index in [1.807, 2.05) is 0 Å². The molecule has 3 heteroatoms. The second-order valence-electron chi connectivity index (χ2n) is 6.94. The Hall–Kier alpha value is -0.410. The molecule has 1 aliphatic carbocycles. The van der Waals surface area contributed by atoms with Crippen LogP contribution >= 0.6 is 11.3 Å². The third kappa shape index (κ3) is 3.57. The highest BCUT2D eigenvalue weighted by atomic mass is 32.1. The van der Waals surface area contributed by atoms with Gasteiger partial charge in [0.25, 0.3) is 0 Å². The van der Waals surface area contributed by atoms with Gasteiger partial charge in [0.05, 0.1) is 10.7 Å². The third-order valence-corrected chi connectivity index (χ3v) is 5.61. The van der Waals surface area contributed by atoms with E-state index in [0.717, 1.165) is 18.3 Å². The molecular weight excluding hydrogens is 252 g/mol. The van der Waals surface area contributed by atoms with Crippen LogP contribution in [0.3, 0.4) is 0 Å². The van der Waals surface area contributed by atoms with Crippen LogP contribution in [0.5, 0.6) is 0 Å². The van der Waals surface area contributed by atoms with Crippen molar-refractivity contribution in [3.8, 4) is 0 Å². The first kappa shape index (κ1) is 15.0. The van der Waals surface area contributed by atoms with Crippen molar-refractivity contribution in [2.24, 2.45) is 17.3 Å². The Morgan fingerprint density at radius 1 is 1.42 bits per heavy atom. The van der Waals surface area contributed by atoms with Crippen molar-refractivity contribution in [2.45, 2.75) is 59.4 Å². The molecule has 3 unspecified atom stereocenters. The number of thiazole rings is 1. The van der Waals surface area contributed by atoms with E-state index in [1.165, 1.54) is 30.0 Å². The Labute approximate surface area is 122 Å². The maximum atomic E-state index is 4.65. The molecule has 2 rings (SSSR count). The van der Waals surface area contributed by atoms with E-state index in [1.54, 1.807) is 11.3 Å². The SMILES string of the molecule is CNC1CC(C)CCC1C(C)(C)Cc1csc(C)n1. The van der Waals surface area contributed by atoms with Crippen LogP contribution in [0.25, 0.3) is 0 Å². The first-order valence-electron chi connectivity index (χ1n) is 7.50.